The van der Waals surface area contributed by atoms with Gasteiger partial charge >= 0.3 is 0 Å². The normalized spacial score (nSPS) is 14.8. The largest absolute Gasteiger partial charge is 0.489 e. The molecule has 40 heavy (non-hydrogen) atoms. The summed E-state index contributed by atoms with van der Waals surface area (Å²) in [5.74, 6) is 4.11. The van der Waals surface area contributed by atoms with Crippen LogP contribution < -0.4 is 15.0 Å². The van der Waals surface area contributed by atoms with Crippen LogP contribution >= 0.6 is 11.3 Å². The number of hydrogen-bond donors (Lipinski definition) is 1. The van der Waals surface area contributed by atoms with Crippen LogP contribution in [0, 0.1) is 23.5 Å². The third-order valence-electron chi connectivity index (χ3n) is 6.35. The van der Waals surface area contributed by atoms with Gasteiger partial charge in [-0.05, 0) is 36.3 Å². The fraction of sp³-hybridized carbons (Fsp3) is 0.143. The maximum absolute atomic E-state index is 14.4. The molecule has 1 aliphatic heterocycles. The number of ether oxygens (including phenoxy) is 1. The van der Waals surface area contributed by atoms with Gasteiger partial charge in [-0.25, -0.2) is 18.7 Å². The van der Waals surface area contributed by atoms with Crippen LogP contribution in [0.5, 0.6) is 5.75 Å². The molecule has 5 aromatic rings. The number of nitrogens with zero attached hydrogens (tertiary/aromatic N) is 5. The standard InChI is InChI=1S/C28H20F2N6O3S/c1-34-11-18(31-15-34)6-3-16-4-8-25-23(9-16)35(2)27(38)22(13-39-25)32-26(37)21-12-36-24(14-40-28(36)33-21)19-7-5-17(29)10-20(19)30/h4-5,7-12,14-15,22H,13H2,1-2H3,(H,32,37)/t22-/m0/s1. The van der Waals surface area contributed by atoms with Gasteiger partial charge in [0.2, 0.25) is 0 Å². The topological polar surface area (TPSA) is 93.8 Å². The van der Waals surface area contributed by atoms with Gasteiger partial charge < -0.3 is 19.5 Å². The molecule has 2 aromatic carbocycles. The molecule has 0 saturated carbocycles. The molecule has 1 N–H and O–H groups in total. The second-order valence-corrected chi connectivity index (χ2v) is 9.95. The number of carbonyl (C=O) groups excluding carboxylic acids is 2. The maximum atomic E-state index is 14.4. The van der Waals surface area contributed by atoms with Crippen molar-refractivity contribution >= 4 is 33.8 Å². The van der Waals surface area contributed by atoms with Gasteiger partial charge in [0, 0.05) is 49.1 Å². The van der Waals surface area contributed by atoms with Gasteiger partial charge in [0.25, 0.3) is 11.8 Å². The van der Waals surface area contributed by atoms with Gasteiger partial charge in [0.1, 0.15) is 41.4 Å². The molecule has 1 aliphatic rings. The summed E-state index contributed by atoms with van der Waals surface area (Å²) in [6.45, 7) is -0.0882. The van der Waals surface area contributed by atoms with Crippen LogP contribution in [0.3, 0.4) is 0 Å². The summed E-state index contributed by atoms with van der Waals surface area (Å²) in [6.07, 6.45) is 4.91. The van der Waals surface area contributed by atoms with Crippen molar-refractivity contribution in [2.24, 2.45) is 7.05 Å². The third kappa shape index (κ3) is 4.67. The highest BCUT2D eigenvalue weighted by molar-refractivity contribution is 7.15. The van der Waals surface area contributed by atoms with E-state index >= 15 is 0 Å². The monoisotopic (exact) mass is 558 g/mol. The predicted molar refractivity (Wildman–Crippen MR) is 144 cm³/mol. The van der Waals surface area contributed by atoms with Crippen molar-refractivity contribution in [3.05, 3.63) is 89.1 Å². The number of aromatic nitrogens is 4. The van der Waals surface area contributed by atoms with Crippen molar-refractivity contribution < 1.29 is 23.1 Å². The van der Waals surface area contributed by atoms with Crippen molar-refractivity contribution in [1.29, 1.82) is 0 Å². The first-order valence-electron chi connectivity index (χ1n) is 12.0. The zero-order valence-corrected chi connectivity index (χ0v) is 22.0. The number of fused-ring (bicyclic) bond motifs is 2. The van der Waals surface area contributed by atoms with Gasteiger partial charge in [-0.2, -0.15) is 0 Å². The van der Waals surface area contributed by atoms with E-state index in [1.165, 1.54) is 28.5 Å². The number of rotatable bonds is 3. The molecular weight excluding hydrogens is 538 g/mol. The zero-order valence-electron chi connectivity index (χ0n) is 21.2. The zero-order chi connectivity index (χ0) is 28.0. The Labute approximate surface area is 230 Å². The molecule has 0 unspecified atom stereocenters. The number of likely N-dealkylation sites (N-methyl/N-ethyl adjacent to an activating group) is 1. The van der Waals surface area contributed by atoms with Crippen molar-refractivity contribution in [3.63, 3.8) is 0 Å². The van der Waals surface area contributed by atoms with Crippen molar-refractivity contribution in [2.75, 3.05) is 18.6 Å². The van der Waals surface area contributed by atoms with Gasteiger partial charge in [-0.1, -0.05) is 5.92 Å². The molecule has 0 fully saturated rings. The average molecular weight is 559 g/mol. The third-order valence-corrected chi connectivity index (χ3v) is 7.19. The van der Waals surface area contributed by atoms with E-state index in [0.717, 1.165) is 12.1 Å². The van der Waals surface area contributed by atoms with Crippen molar-refractivity contribution in [1.82, 2.24) is 24.3 Å². The number of aryl methyl sites for hydroxylation is 1. The second kappa shape index (κ2) is 9.94. The number of hydrogen-bond acceptors (Lipinski definition) is 6. The molecule has 3 aromatic heterocycles. The highest BCUT2D eigenvalue weighted by atomic mass is 32.1. The van der Waals surface area contributed by atoms with Crippen LogP contribution in [0.2, 0.25) is 0 Å². The van der Waals surface area contributed by atoms with Crippen molar-refractivity contribution in [3.8, 4) is 28.8 Å². The van der Waals surface area contributed by atoms with Crippen LogP contribution in [0.25, 0.3) is 16.2 Å². The van der Waals surface area contributed by atoms with Crippen LogP contribution in [0.1, 0.15) is 21.7 Å². The smallest absolute Gasteiger partial charge is 0.272 e. The van der Waals surface area contributed by atoms with Crippen LogP contribution in [0.15, 0.2) is 60.5 Å². The Morgan fingerprint density at radius 3 is 2.77 bits per heavy atom. The molecule has 12 heteroatoms. The number of thiazole rings is 1. The molecule has 2 amide bonds. The van der Waals surface area contributed by atoms with Crippen LogP contribution in [0.4, 0.5) is 14.5 Å². The first-order valence-corrected chi connectivity index (χ1v) is 12.9. The number of benzene rings is 2. The molecule has 0 bridgehead atoms. The Kier molecular flexibility index (Phi) is 6.28. The minimum Gasteiger partial charge on any atom is -0.489 e. The Morgan fingerprint density at radius 2 is 2.00 bits per heavy atom. The molecule has 4 heterocycles. The highest BCUT2D eigenvalue weighted by Crippen LogP contribution is 2.32. The van der Waals surface area contributed by atoms with E-state index in [2.05, 4.69) is 27.1 Å². The summed E-state index contributed by atoms with van der Waals surface area (Å²) >= 11 is 1.20. The average Bonchev–Trinajstić information content (AvgIpc) is 3.64. The first kappa shape index (κ1) is 25.3. The second-order valence-electron chi connectivity index (χ2n) is 9.12. The van der Waals surface area contributed by atoms with E-state index in [-0.39, 0.29) is 23.8 Å². The molecule has 200 valence electrons. The van der Waals surface area contributed by atoms with Gasteiger partial charge in [0.05, 0.1) is 17.7 Å². The van der Waals surface area contributed by atoms with E-state index in [9.17, 15) is 18.4 Å². The lowest BCUT2D eigenvalue weighted by Crippen LogP contribution is -2.49. The number of halogens is 2. The molecule has 0 spiro atoms. The maximum Gasteiger partial charge on any atom is 0.272 e. The summed E-state index contributed by atoms with van der Waals surface area (Å²) in [5, 5.41) is 4.36. The van der Waals surface area contributed by atoms with E-state index in [1.807, 2.05) is 7.05 Å². The molecular formula is C28H20F2N6O3S. The Bertz CT molecular complexity index is 1860. The fourth-order valence-electron chi connectivity index (χ4n) is 4.31. The summed E-state index contributed by atoms with van der Waals surface area (Å²) in [7, 11) is 3.46. The predicted octanol–water partition coefficient (Wildman–Crippen LogP) is 3.63. The lowest BCUT2D eigenvalue weighted by atomic mass is 10.1. The fourth-order valence-corrected chi connectivity index (χ4v) is 5.18. The van der Waals surface area contributed by atoms with E-state index in [4.69, 9.17) is 4.74 Å². The summed E-state index contributed by atoms with van der Waals surface area (Å²) in [6, 6.07) is 7.56. The minimum absolute atomic E-state index is 0.0416. The lowest BCUT2D eigenvalue weighted by molar-refractivity contribution is -0.120. The van der Waals surface area contributed by atoms with Gasteiger partial charge in [-0.3, -0.25) is 14.0 Å². The molecule has 0 aliphatic carbocycles. The number of nitrogens with one attached hydrogen (secondary N) is 1. The summed E-state index contributed by atoms with van der Waals surface area (Å²) in [5.41, 5.74) is 2.45. The number of imidazole rings is 2. The molecule has 0 radical (unpaired) electrons. The summed E-state index contributed by atoms with van der Waals surface area (Å²) in [4.78, 5) is 36.7. The number of amides is 2. The van der Waals surface area contributed by atoms with Crippen molar-refractivity contribution in [2.45, 2.75) is 6.04 Å². The first-order chi connectivity index (χ1) is 19.3. The Hall–Kier alpha value is -5.02. The number of anilines is 1. The quantitative estimate of drug-likeness (QED) is 0.342. The molecule has 0 saturated heterocycles. The Morgan fingerprint density at radius 1 is 1.15 bits per heavy atom. The highest BCUT2D eigenvalue weighted by Gasteiger charge is 2.31. The molecule has 1 atom stereocenters. The van der Waals surface area contributed by atoms with Gasteiger partial charge in [0.15, 0.2) is 4.96 Å². The SMILES string of the molecule is CN1C(=O)[C@@H](NC(=O)c2cn3c(-c4ccc(F)cc4F)csc3n2)COc2ccc(C#Cc3cn(C)cn3)cc21. The van der Waals surface area contributed by atoms with E-state index in [1.54, 1.807) is 52.1 Å². The summed E-state index contributed by atoms with van der Waals surface area (Å²) < 4.78 is 37.0. The van der Waals surface area contributed by atoms with Gasteiger partial charge in [-0.15, -0.1) is 11.3 Å². The minimum atomic E-state index is -0.985. The van der Waals surface area contributed by atoms with E-state index < -0.39 is 23.6 Å². The molecule has 6 rings (SSSR count). The van der Waals surface area contributed by atoms with Crippen LogP contribution in [-0.4, -0.2) is 50.4 Å². The molecule has 9 nitrogen and oxygen atoms in total. The number of carbonyl (C=O) groups is 2. The Balaban J connectivity index is 1.20. The van der Waals surface area contributed by atoms with E-state index in [0.29, 0.717) is 33.3 Å². The van der Waals surface area contributed by atoms with Crippen LogP contribution in [-0.2, 0) is 11.8 Å². The lowest BCUT2D eigenvalue weighted by Gasteiger charge is -2.20.